The molecule has 0 bridgehead atoms. The van der Waals surface area contributed by atoms with E-state index in [-0.39, 0.29) is 0 Å². The first-order valence-electron chi connectivity index (χ1n) is 14.0. The number of rotatable bonds is 5. The third kappa shape index (κ3) is 4.12. The Hall–Kier alpha value is -4.88. The second-order valence-electron chi connectivity index (χ2n) is 10.7. The van der Waals surface area contributed by atoms with Crippen molar-refractivity contribution < 1.29 is 0 Å². The van der Waals surface area contributed by atoms with Crippen molar-refractivity contribution in [2.75, 3.05) is 0 Å². The van der Waals surface area contributed by atoms with E-state index in [2.05, 4.69) is 158 Å². The number of aromatic nitrogens is 1. The van der Waals surface area contributed by atoms with Gasteiger partial charge in [-0.25, -0.2) is 0 Å². The molecule has 7 aromatic rings. The highest BCUT2D eigenvalue weighted by Crippen LogP contribution is 2.44. The van der Waals surface area contributed by atoms with Crippen molar-refractivity contribution in [3.8, 4) is 27.9 Å². The van der Waals surface area contributed by atoms with Gasteiger partial charge in [0.15, 0.2) is 0 Å². The van der Waals surface area contributed by atoms with Gasteiger partial charge in [0.05, 0.1) is 11.0 Å². The van der Waals surface area contributed by atoms with Crippen LogP contribution in [0.4, 0.5) is 0 Å². The lowest BCUT2D eigenvalue weighted by atomic mass is 9.89. The topological polar surface area (TPSA) is 4.93 Å². The van der Waals surface area contributed by atoms with Crippen LogP contribution in [-0.4, -0.2) is 4.57 Å². The molecular weight excluding hydrogens is 482 g/mol. The summed E-state index contributed by atoms with van der Waals surface area (Å²) in [7, 11) is 0. The van der Waals surface area contributed by atoms with E-state index in [4.69, 9.17) is 0 Å². The molecule has 0 fully saturated rings. The van der Waals surface area contributed by atoms with E-state index in [0.29, 0.717) is 0 Å². The Morgan fingerprint density at radius 3 is 1.90 bits per heavy atom. The van der Waals surface area contributed by atoms with Gasteiger partial charge in [-0.2, -0.15) is 0 Å². The summed E-state index contributed by atoms with van der Waals surface area (Å²) in [6.45, 7) is 4.50. The summed E-state index contributed by atoms with van der Waals surface area (Å²) in [4.78, 5) is 0. The molecule has 0 aliphatic rings. The lowest BCUT2D eigenvalue weighted by molar-refractivity contribution is 1.17. The summed E-state index contributed by atoms with van der Waals surface area (Å²) in [6, 6.07) is 50.7. The monoisotopic (exact) mass is 513 g/mol. The van der Waals surface area contributed by atoms with Crippen LogP contribution < -0.4 is 0 Å². The lowest BCUT2D eigenvalue weighted by Crippen LogP contribution is -1.98. The number of aryl methyl sites for hydroxylation is 2. The Balaban J connectivity index is 1.53. The first kappa shape index (κ1) is 24.2. The molecule has 0 saturated carbocycles. The molecule has 0 spiro atoms. The summed E-state index contributed by atoms with van der Waals surface area (Å²) in [6.07, 6.45) is 0.937. The lowest BCUT2D eigenvalue weighted by Gasteiger charge is -2.17. The first-order chi connectivity index (χ1) is 19.7. The van der Waals surface area contributed by atoms with Gasteiger partial charge in [-0.05, 0) is 89.0 Å². The van der Waals surface area contributed by atoms with Crippen molar-refractivity contribution in [1.82, 2.24) is 4.57 Å². The minimum Gasteiger partial charge on any atom is -0.309 e. The maximum Gasteiger partial charge on any atom is 0.0582 e. The molecule has 0 N–H and O–H groups in total. The van der Waals surface area contributed by atoms with Crippen LogP contribution in [0.2, 0.25) is 0 Å². The van der Waals surface area contributed by atoms with Crippen molar-refractivity contribution >= 4 is 21.8 Å². The molecule has 0 amide bonds. The van der Waals surface area contributed by atoms with Crippen molar-refractivity contribution in [2.24, 2.45) is 0 Å². The number of nitrogens with zero attached hydrogens (tertiary/aromatic N) is 1. The van der Waals surface area contributed by atoms with Crippen LogP contribution in [0.15, 0.2) is 140 Å². The maximum atomic E-state index is 2.45. The van der Waals surface area contributed by atoms with Crippen molar-refractivity contribution in [3.63, 3.8) is 0 Å². The normalized spacial score (nSPS) is 11.3. The van der Waals surface area contributed by atoms with E-state index >= 15 is 0 Å². The average Bonchev–Trinajstić information content (AvgIpc) is 3.35. The second kappa shape index (κ2) is 10.0. The van der Waals surface area contributed by atoms with Gasteiger partial charge in [-0.1, -0.05) is 115 Å². The molecular formula is C39H31N. The molecule has 0 atom stereocenters. The molecule has 0 saturated heterocycles. The molecule has 40 heavy (non-hydrogen) atoms. The summed E-state index contributed by atoms with van der Waals surface area (Å²) in [5, 5.41) is 2.59. The van der Waals surface area contributed by atoms with E-state index in [1.165, 1.54) is 72.0 Å². The Kier molecular flexibility index (Phi) is 6.06. The maximum absolute atomic E-state index is 2.45. The average molecular weight is 514 g/mol. The van der Waals surface area contributed by atoms with Crippen LogP contribution in [0.5, 0.6) is 0 Å². The first-order valence-corrected chi connectivity index (χ1v) is 14.0. The van der Waals surface area contributed by atoms with Gasteiger partial charge < -0.3 is 4.57 Å². The van der Waals surface area contributed by atoms with Gasteiger partial charge in [0, 0.05) is 16.5 Å². The van der Waals surface area contributed by atoms with Crippen molar-refractivity contribution in [2.45, 2.75) is 20.3 Å². The third-order valence-corrected chi connectivity index (χ3v) is 8.16. The molecule has 0 aliphatic heterocycles. The molecule has 1 heterocycles. The van der Waals surface area contributed by atoms with Crippen LogP contribution in [0.3, 0.4) is 0 Å². The second-order valence-corrected chi connectivity index (χ2v) is 10.7. The summed E-state index contributed by atoms with van der Waals surface area (Å²) in [5.41, 5.74) is 14.0. The van der Waals surface area contributed by atoms with E-state index in [1.54, 1.807) is 0 Å². The van der Waals surface area contributed by atoms with Crippen molar-refractivity contribution in [1.29, 1.82) is 0 Å². The van der Waals surface area contributed by atoms with Gasteiger partial charge in [-0.15, -0.1) is 0 Å². The standard InChI is InChI=1S/C39H31N/c1-27-13-9-10-18-33(27)35-26-36(31-23-21-30(22-24-31)25-29-14-5-3-6-15-29)38-34-19-11-12-20-37(34)40(39(38)28(35)2)32-16-7-4-8-17-32/h3-24,26H,25H2,1-2H3. The smallest absolute Gasteiger partial charge is 0.0582 e. The Morgan fingerprint density at radius 2 is 1.15 bits per heavy atom. The highest BCUT2D eigenvalue weighted by molar-refractivity contribution is 6.18. The van der Waals surface area contributed by atoms with Gasteiger partial charge in [0.1, 0.15) is 0 Å². The summed E-state index contributed by atoms with van der Waals surface area (Å²) < 4.78 is 2.45. The zero-order valence-corrected chi connectivity index (χ0v) is 22.9. The fourth-order valence-electron chi connectivity index (χ4n) is 6.18. The number of fused-ring (bicyclic) bond motifs is 3. The van der Waals surface area contributed by atoms with E-state index < -0.39 is 0 Å². The van der Waals surface area contributed by atoms with Gasteiger partial charge >= 0.3 is 0 Å². The Bertz CT molecular complexity index is 1960. The minimum atomic E-state index is 0.937. The molecule has 0 aliphatic carbocycles. The zero-order chi connectivity index (χ0) is 27.1. The summed E-state index contributed by atoms with van der Waals surface area (Å²) in [5.74, 6) is 0. The van der Waals surface area contributed by atoms with E-state index in [9.17, 15) is 0 Å². The fourth-order valence-corrected chi connectivity index (χ4v) is 6.18. The highest BCUT2D eigenvalue weighted by atomic mass is 15.0. The van der Waals surface area contributed by atoms with E-state index in [1.807, 2.05) is 0 Å². The molecule has 6 aromatic carbocycles. The molecule has 1 nitrogen and oxygen atoms in total. The summed E-state index contributed by atoms with van der Waals surface area (Å²) >= 11 is 0. The third-order valence-electron chi connectivity index (χ3n) is 8.16. The van der Waals surface area contributed by atoms with Gasteiger partial charge in [0.2, 0.25) is 0 Å². The zero-order valence-electron chi connectivity index (χ0n) is 22.9. The van der Waals surface area contributed by atoms with Gasteiger partial charge in [0.25, 0.3) is 0 Å². The number of para-hydroxylation sites is 2. The molecule has 1 aromatic heterocycles. The SMILES string of the molecule is Cc1ccccc1-c1cc(-c2ccc(Cc3ccccc3)cc2)c2c3ccccc3n(-c3ccccc3)c2c1C. The number of hydrogen-bond acceptors (Lipinski definition) is 0. The molecule has 1 heteroatoms. The Labute approximate surface area is 236 Å². The van der Waals surface area contributed by atoms with Crippen molar-refractivity contribution in [3.05, 3.63) is 162 Å². The highest BCUT2D eigenvalue weighted by Gasteiger charge is 2.21. The van der Waals surface area contributed by atoms with Crippen LogP contribution in [-0.2, 0) is 6.42 Å². The van der Waals surface area contributed by atoms with Gasteiger partial charge in [-0.3, -0.25) is 0 Å². The van der Waals surface area contributed by atoms with Crippen LogP contribution >= 0.6 is 0 Å². The largest absolute Gasteiger partial charge is 0.309 e. The quantitative estimate of drug-likeness (QED) is 0.216. The fraction of sp³-hybridized carbons (Fsp3) is 0.0769. The van der Waals surface area contributed by atoms with Crippen LogP contribution in [0, 0.1) is 13.8 Å². The van der Waals surface area contributed by atoms with E-state index in [0.717, 1.165) is 6.42 Å². The number of hydrogen-bond donors (Lipinski definition) is 0. The predicted molar refractivity (Wildman–Crippen MR) is 170 cm³/mol. The molecule has 192 valence electrons. The molecule has 0 radical (unpaired) electrons. The molecule has 7 rings (SSSR count). The predicted octanol–water partition coefficient (Wildman–Crippen LogP) is 10.3. The molecule has 0 unspecified atom stereocenters. The van der Waals surface area contributed by atoms with Crippen LogP contribution in [0.1, 0.15) is 22.3 Å². The minimum absolute atomic E-state index is 0.937. The number of benzene rings is 6. The van der Waals surface area contributed by atoms with Crippen LogP contribution in [0.25, 0.3) is 49.7 Å². The Morgan fingerprint density at radius 1 is 0.525 bits per heavy atom.